The normalized spacial score (nSPS) is 20.3. The van der Waals surface area contributed by atoms with Crippen molar-refractivity contribution in [1.82, 2.24) is 19.9 Å². The average molecular weight is 384 g/mol. The van der Waals surface area contributed by atoms with E-state index in [0.29, 0.717) is 28.0 Å². The first-order valence-corrected chi connectivity index (χ1v) is 9.25. The molecule has 0 radical (unpaired) electrons. The lowest BCUT2D eigenvalue weighted by Gasteiger charge is -2.31. The summed E-state index contributed by atoms with van der Waals surface area (Å²) in [7, 11) is 0. The van der Waals surface area contributed by atoms with Crippen LogP contribution >= 0.6 is 34.5 Å². The third-order valence-corrected chi connectivity index (χ3v) is 5.52. The second-order valence-electron chi connectivity index (χ2n) is 5.69. The number of aryl methyl sites for hydroxylation is 1. The molecule has 1 unspecified atom stereocenters. The first kappa shape index (κ1) is 16.0. The summed E-state index contributed by atoms with van der Waals surface area (Å²) in [6, 6.07) is 0. The number of likely N-dealkylation sites (tertiary alicyclic amines) is 1. The van der Waals surface area contributed by atoms with Crippen LogP contribution in [0.5, 0.6) is 0 Å². The molecule has 10 heteroatoms. The molecule has 0 saturated carbocycles. The molecule has 126 valence electrons. The molecule has 0 amide bonds. The smallest absolute Gasteiger partial charge is 0.214 e. The predicted octanol–water partition coefficient (Wildman–Crippen LogP) is 2.62. The number of aromatic nitrogens is 3. The van der Waals surface area contributed by atoms with Crippen LogP contribution in [0.15, 0.2) is 10.4 Å². The van der Waals surface area contributed by atoms with Crippen molar-refractivity contribution in [3.05, 3.63) is 21.9 Å². The fourth-order valence-corrected chi connectivity index (χ4v) is 4.06. The van der Waals surface area contributed by atoms with Gasteiger partial charge in [0.2, 0.25) is 5.62 Å². The lowest BCUT2D eigenvalue weighted by atomic mass is 10.3. The van der Waals surface area contributed by atoms with Crippen LogP contribution in [0.25, 0.3) is 10.7 Å². The van der Waals surface area contributed by atoms with E-state index in [9.17, 15) is 0 Å². The molecule has 2 aromatic heterocycles. The van der Waals surface area contributed by atoms with E-state index in [1.165, 1.54) is 16.3 Å². The molecule has 1 saturated heterocycles. The summed E-state index contributed by atoms with van der Waals surface area (Å²) in [6.07, 6.45) is 2.23. The summed E-state index contributed by atoms with van der Waals surface area (Å²) in [5.74, 6) is 7.25. The van der Waals surface area contributed by atoms with Crippen LogP contribution in [0.1, 0.15) is 24.2 Å². The van der Waals surface area contributed by atoms with Gasteiger partial charge in [-0.2, -0.15) is 0 Å². The average Bonchev–Trinajstić information content (AvgIpc) is 3.22. The first-order valence-electron chi connectivity index (χ1n) is 7.56. The molecule has 2 aliphatic rings. The van der Waals surface area contributed by atoms with Crippen molar-refractivity contribution in [2.24, 2.45) is 10.8 Å². The lowest BCUT2D eigenvalue weighted by Crippen LogP contribution is -2.45. The van der Waals surface area contributed by atoms with Gasteiger partial charge in [-0.15, -0.1) is 11.3 Å². The molecule has 0 spiro atoms. The number of thiazole rings is 1. The van der Waals surface area contributed by atoms with E-state index in [1.54, 1.807) is 0 Å². The van der Waals surface area contributed by atoms with Gasteiger partial charge < -0.3 is 4.90 Å². The minimum atomic E-state index is -0.727. The summed E-state index contributed by atoms with van der Waals surface area (Å²) < 4.78 is 0. The Morgan fingerprint density at radius 1 is 1.21 bits per heavy atom. The molecule has 24 heavy (non-hydrogen) atoms. The summed E-state index contributed by atoms with van der Waals surface area (Å²) in [4.78, 5) is 20.2. The second kappa shape index (κ2) is 6.11. The maximum Gasteiger partial charge on any atom is 0.214 e. The zero-order chi connectivity index (χ0) is 16.8. The summed E-state index contributed by atoms with van der Waals surface area (Å²) >= 11 is 14.1. The molecule has 1 atom stereocenters. The van der Waals surface area contributed by atoms with Crippen LogP contribution in [-0.4, -0.2) is 44.4 Å². The molecule has 2 aromatic rings. The van der Waals surface area contributed by atoms with Gasteiger partial charge in [-0.25, -0.2) is 25.8 Å². The van der Waals surface area contributed by atoms with E-state index in [2.05, 4.69) is 24.8 Å². The zero-order valence-corrected chi connectivity index (χ0v) is 15.2. The number of hydrazine groups is 1. The topological polar surface area (TPSA) is 83.5 Å². The number of nitrogens with two attached hydrogens (primary N) is 1. The number of aliphatic imine (C=N–C) groups is 1. The minimum Gasteiger partial charge on any atom is -0.355 e. The van der Waals surface area contributed by atoms with Crippen LogP contribution in [0.3, 0.4) is 0 Å². The van der Waals surface area contributed by atoms with Crippen molar-refractivity contribution in [2.45, 2.75) is 25.4 Å². The minimum absolute atomic E-state index is 0.288. The van der Waals surface area contributed by atoms with Gasteiger partial charge in [0.05, 0.1) is 0 Å². The molecule has 4 heterocycles. The van der Waals surface area contributed by atoms with Crippen LogP contribution < -0.4 is 10.9 Å². The van der Waals surface area contributed by atoms with Gasteiger partial charge in [-0.1, -0.05) is 23.2 Å². The van der Waals surface area contributed by atoms with Gasteiger partial charge in [0, 0.05) is 24.2 Å². The molecular weight excluding hydrogens is 369 g/mol. The van der Waals surface area contributed by atoms with E-state index in [4.69, 9.17) is 29.0 Å². The van der Waals surface area contributed by atoms with Crippen molar-refractivity contribution >= 4 is 46.2 Å². The van der Waals surface area contributed by atoms with Crippen molar-refractivity contribution in [2.75, 3.05) is 18.1 Å². The molecule has 0 aliphatic carbocycles. The van der Waals surface area contributed by atoms with Crippen LogP contribution in [0.2, 0.25) is 5.15 Å². The summed E-state index contributed by atoms with van der Waals surface area (Å²) in [5, 5.41) is 4.24. The van der Waals surface area contributed by atoms with Gasteiger partial charge in [-0.3, -0.25) is 5.01 Å². The lowest BCUT2D eigenvalue weighted by molar-refractivity contribution is 0.510. The number of nitrogens with zero attached hydrogens (tertiary/aromatic N) is 6. The van der Waals surface area contributed by atoms with Gasteiger partial charge in [0.1, 0.15) is 10.7 Å². The Morgan fingerprint density at radius 2 is 1.96 bits per heavy atom. The molecule has 1 fully saturated rings. The summed E-state index contributed by atoms with van der Waals surface area (Å²) in [5.41, 5.74) is 1.26. The third kappa shape index (κ3) is 2.63. The Bertz CT molecular complexity index is 815. The SMILES string of the molecule is Cc1csc(-c2nc3c(nc2Cl)C(N2CCCC2)=NC(Cl)N3N)n1. The van der Waals surface area contributed by atoms with Crippen molar-refractivity contribution in [3.8, 4) is 10.7 Å². The second-order valence-corrected chi connectivity index (χ2v) is 7.30. The van der Waals surface area contributed by atoms with Crippen molar-refractivity contribution < 1.29 is 0 Å². The van der Waals surface area contributed by atoms with Crippen LogP contribution in [0, 0.1) is 6.92 Å². The Kier molecular flexibility index (Phi) is 4.07. The molecule has 2 aliphatic heterocycles. The maximum absolute atomic E-state index is 6.39. The number of halogens is 2. The zero-order valence-electron chi connectivity index (χ0n) is 12.9. The van der Waals surface area contributed by atoms with E-state index in [-0.39, 0.29) is 5.15 Å². The highest BCUT2D eigenvalue weighted by Crippen LogP contribution is 2.34. The fourth-order valence-electron chi connectivity index (χ4n) is 2.82. The van der Waals surface area contributed by atoms with Gasteiger partial charge in [0.15, 0.2) is 22.5 Å². The fraction of sp³-hybridized carbons (Fsp3) is 0.429. The van der Waals surface area contributed by atoms with Crippen molar-refractivity contribution in [3.63, 3.8) is 0 Å². The standard InChI is InChI=1S/C14H15Cl2N7S/c1-7-6-24-13(18-7)8-10(15)19-9-11(22-4-2-3-5-22)21-14(16)23(17)12(9)20-8/h6,14H,2-5,17H2,1H3. The Balaban J connectivity index is 1.84. The monoisotopic (exact) mass is 383 g/mol. The molecule has 2 N–H and O–H groups in total. The Hall–Kier alpha value is -1.48. The van der Waals surface area contributed by atoms with Crippen LogP contribution in [0.4, 0.5) is 5.82 Å². The van der Waals surface area contributed by atoms with Crippen molar-refractivity contribution in [1.29, 1.82) is 0 Å². The number of hydrogen-bond acceptors (Lipinski definition) is 8. The largest absolute Gasteiger partial charge is 0.355 e. The highest BCUT2D eigenvalue weighted by molar-refractivity contribution is 7.13. The molecule has 0 bridgehead atoms. The van der Waals surface area contributed by atoms with E-state index in [0.717, 1.165) is 31.6 Å². The highest BCUT2D eigenvalue weighted by Gasteiger charge is 2.33. The molecule has 7 nitrogen and oxygen atoms in total. The third-order valence-electron chi connectivity index (χ3n) is 3.98. The first-order chi connectivity index (χ1) is 11.5. The summed E-state index contributed by atoms with van der Waals surface area (Å²) in [6.45, 7) is 3.75. The highest BCUT2D eigenvalue weighted by atomic mass is 35.5. The maximum atomic E-state index is 6.39. The Morgan fingerprint density at radius 3 is 2.62 bits per heavy atom. The predicted molar refractivity (Wildman–Crippen MR) is 96.5 cm³/mol. The molecular formula is C14H15Cl2N7S. The van der Waals surface area contributed by atoms with Gasteiger partial charge in [-0.05, 0) is 19.8 Å². The Labute approximate surface area is 153 Å². The number of rotatable bonds is 1. The van der Waals surface area contributed by atoms with E-state index in [1.807, 2.05) is 12.3 Å². The van der Waals surface area contributed by atoms with Gasteiger partial charge >= 0.3 is 0 Å². The van der Waals surface area contributed by atoms with E-state index < -0.39 is 5.62 Å². The van der Waals surface area contributed by atoms with Gasteiger partial charge in [0.25, 0.3) is 0 Å². The van der Waals surface area contributed by atoms with Crippen LogP contribution in [-0.2, 0) is 0 Å². The number of fused-ring (bicyclic) bond motifs is 1. The molecule has 4 rings (SSSR count). The number of anilines is 1. The number of amidine groups is 1. The molecule has 0 aromatic carbocycles. The van der Waals surface area contributed by atoms with E-state index >= 15 is 0 Å². The quantitative estimate of drug-likeness (QED) is 0.462. The number of hydrogen-bond donors (Lipinski definition) is 1. The number of alkyl halides is 1.